The zero-order chi connectivity index (χ0) is 16.3. The lowest BCUT2D eigenvalue weighted by molar-refractivity contribution is -0.108. The van der Waals surface area contributed by atoms with Crippen molar-refractivity contribution in [3.63, 3.8) is 0 Å². The Hall–Kier alpha value is -0.780. The largest absolute Gasteiger partial charge is 0.384 e. The van der Waals surface area contributed by atoms with Crippen molar-refractivity contribution in [1.82, 2.24) is 4.90 Å². The number of nitrogens with zero attached hydrogens (tertiary/aromatic N) is 1. The van der Waals surface area contributed by atoms with Gasteiger partial charge in [-0.15, -0.1) is 0 Å². The van der Waals surface area contributed by atoms with Crippen LogP contribution < -0.4 is 0 Å². The lowest BCUT2D eigenvalue weighted by Crippen LogP contribution is -2.50. The summed E-state index contributed by atoms with van der Waals surface area (Å²) in [5, 5.41) is 11.6. The Morgan fingerprint density at radius 1 is 1.32 bits per heavy atom. The lowest BCUT2D eigenvalue weighted by Gasteiger charge is -2.45. The van der Waals surface area contributed by atoms with Crippen LogP contribution in [0.4, 0.5) is 4.39 Å². The number of likely N-dealkylation sites (tertiary alicyclic amines) is 1. The van der Waals surface area contributed by atoms with Crippen LogP contribution in [0.2, 0.25) is 0 Å². The molecule has 1 aromatic rings. The van der Waals surface area contributed by atoms with Gasteiger partial charge in [-0.05, 0) is 64.9 Å². The third-order valence-corrected chi connectivity index (χ3v) is 6.20. The smallest absolute Gasteiger partial charge is 0.175 e. The fourth-order valence-corrected chi connectivity index (χ4v) is 4.72. The van der Waals surface area contributed by atoms with Crippen LogP contribution in [0, 0.1) is 17.2 Å². The molecule has 1 aromatic carbocycles. The normalized spacial score (nSPS) is 28.9. The third kappa shape index (κ3) is 1.95. The van der Waals surface area contributed by atoms with Gasteiger partial charge in [-0.3, -0.25) is 4.79 Å². The second kappa shape index (κ2) is 5.11. The number of carbonyl (C=O) groups excluding carboxylic acids is 1. The highest BCUT2D eigenvalue weighted by molar-refractivity contribution is 9.10. The van der Waals surface area contributed by atoms with Gasteiger partial charge in [0.25, 0.3) is 0 Å². The van der Waals surface area contributed by atoms with E-state index in [2.05, 4.69) is 27.9 Å². The highest BCUT2D eigenvalue weighted by Crippen LogP contribution is 2.58. The van der Waals surface area contributed by atoms with Crippen molar-refractivity contribution in [2.24, 2.45) is 11.3 Å². The minimum absolute atomic E-state index is 0.0537. The Bertz CT molecular complexity index is 638. The summed E-state index contributed by atoms with van der Waals surface area (Å²) in [6.07, 6.45) is 1.60. The molecule has 0 bridgehead atoms. The van der Waals surface area contributed by atoms with E-state index in [0.29, 0.717) is 10.0 Å². The summed E-state index contributed by atoms with van der Waals surface area (Å²) in [7, 11) is 2.05. The zero-order valence-corrected chi connectivity index (χ0v) is 14.7. The molecule has 0 spiro atoms. The SMILES string of the molecule is CN1CCC(C2(O)c3c(Br)ccc(F)c3C(=O)C2(C)C)CC1. The third-order valence-electron chi connectivity index (χ3n) is 5.54. The molecule has 1 unspecified atom stereocenters. The van der Waals surface area contributed by atoms with E-state index >= 15 is 0 Å². The predicted molar refractivity (Wildman–Crippen MR) is 86.3 cm³/mol. The maximum atomic E-state index is 14.3. The monoisotopic (exact) mass is 369 g/mol. The number of ketones is 1. The number of halogens is 2. The fourth-order valence-electron chi connectivity index (χ4n) is 4.09. The Morgan fingerprint density at radius 3 is 2.50 bits per heavy atom. The quantitative estimate of drug-likeness (QED) is 0.825. The number of aliphatic hydroxyl groups is 1. The topological polar surface area (TPSA) is 40.5 Å². The van der Waals surface area contributed by atoms with Crippen molar-refractivity contribution in [3.05, 3.63) is 33.5 Å². The van der Waals surface area contributed by atoms with Crippen molar-refractivity contribution in [2.45, 2.75) is 32.3 Å². The highest BCUT2D eigenvalue weighted by atomic mass is 79.9. The number of carbonyl (C=O) groups is 1. The van der Waals surface area contributed by atoms with Crippen molar-refractivity contribution in [2.75, 3.05) is 20.1 Å². The number of rotatable bonds is 1. The van der Waals surface area contributed by atoms with Crippen molar-refractivity contribution in [1.29, 1.82) is 0 Å². The molecule has 3 rings (SSSR count). The number of hydrogen-bond acceptors (Lipinski definition) is 3. The lowest BCUT2D eigenvalue weighted by atomic mass is 9.65. The molecule has 3 nitrogen and oxygen atoms in total. The van der Waals surface area contributed by atoms with Crippen LogP contribution in [0.5, 0.6) is 0 Å². The van der Waals surface area contributed by atoms with Crippen LogP contribution in [0.25, 0.3) is 0 Å². The van der Waals surface area contributed by atoms with E-state index in [4.69, 9.17) is 0 Å². The van der Waals surface area contributed by atoms with Gasteiger partial charge in [0.1, 0.15) is 11.4 Å². The molecule has 1 atom stereocenters. The van der Waals surface area contributed by atoms with Gasteiger partial charge in [0.15, 0.2) is 5.78 Å². The highest BCUT2D eigenvalue weighted by Gasteiger charge is 2.62. The van der Waals surface area contributed by atoms with E-state index in [0.717, 1.165) is 25.9 Å². The Balaban J connectivity index is 2.19. The molecule has 0 radical (unpaired) electrons. The first kappa shape index (κ1) is 16.1. The van der Waals surface area contributed by atoms with Gasteiger partial charge in [-0.2, -0.15) is 0 Å². The number of benzene rings is 1. The van der Waals surface area contributed by atoms with E-state index in [9.17, 15) is 14.3 Å². The van der Waals surface area contributed by atoms with E-state index < -0.39 is 16.8 Å². The van der Waals surface area contributed by atoms with Gasteiger partial charge in [0, 0.05) is 10.0 Å². The molecule has 22 heavy (non-hydrogen) atoms. The average molecular weight is 370 g/mol. The molecule has 1 saturated heterocycles. The summed E-state index contributed by atoms with van der Waals surface area (Å²) >= 11 is 3.43. The van der Waals surface area contributed by atoms with Gasteiger partial charge in [-0.25, -0.2) is 4.39 Å². The molecule has 1 fully saturated rings. The molecule has 5 heteroatoms. The van der Waals surface area contributed by atoms with Gasteiger partial charge < -0.3 is 10.0 Å². The Morgan fingerprint density at radius 2 is 1.91 bits per heavy atom. The molecule has 1 aliphatic heterocycles. The van der Waals surface area contributed by atoms with Crippen LogP contribution in [0.1, 0.15) is 42.6 Å². The first-order valence-corrected chi connectivity index (χ1v) is 8.44. The Labute approximate surface area is 138 Å². The standard InChI is InChI=1S/C17H21BrFNO2/c1-16(2)15(21)13-12(19)5-4-11(18)14(13)17(16,22)10-6-8-20(3)9-7-10/h4-5,10,22H,6-9H2,1-3H3. The second-order valence-electron chi connectivity index (χ2n) is 7.08. The van der Waals surface area contributed by atoms with Crippen LogP contribution in [-0.2, 0) is 5.60 Å². The first-order valence-electron chi connectivity index (χ1n) is 7.65. The van der Waals surface area contributed by atoms with Crippen LogP contribution in [0.3, 0.4) is 0 Å². The average Bonchev–Trinajstić information content (AvgIpc) is 2.63. The summed E-state index contributed by atoms with van der Waals surface area (Å²) in [6, 6.07) is 2.88. The molecular weight excluding hydrogens is 349 g/mol. The fraction of sp³-hybridized carbons (Fsp3) is 0.588. The molecular formula is C17H21BrFNO2. The van der Waals surface area contributed by atoms with Gasteiger partial charge in [-0.1, -0.05) is 15.9 Å². The summed E-state index contributed by atoms with van der Waals surface area (Å²) in [6.45, 7) is 5.22. The molecule has 0 amide bonds. The maximum absolute atomic E-state index is 14.3. The van der Waals surface area contributed by atoms with Crippen molar-refractivity contribution >= 4 is 21.7 Å². The van der Waals surface area contributed by atoms with Gasteiger partial charge >= 0.3 is 0 Å². The predicted octanol–water partition coefficient (Wildman–Crippen LogP) is 3.34. The summed E-state index contributed by atoms with van der Waals surface area (Å²) < 4.78 is 14.9. The molecule has 120 valence electrons. The molecule has 1 heterocycles. The van der Waals surface area contributed by atoms with Crippen molar-refractivity contribution < 1.29 is 14.3 Å². The molecule has 1 aliphatic carbocycles. The number of piperidine rings is 1. The molecule has 0 saturated carbocycles. The number of hydrogen-bond donors (Lipinski definition) is 1. The molecule has 0 aromatic heterocycles. The van der Waals surface area contributed by atoms with Crippen molar-refractivity contribution in [3.8, 4) is 0 Å². The number of fused-ring (bicyclic) bond motifs is 1. The van der Waals surface area contributed by atoms with Crippen LogP contribution in [-0.4, -0.2) is 35.9 Å². The maximum Gasteiger partial charge on any atom is 0.175 e. The van der Waals surface area contributed by atoms with Crippen LogP contribution >= 0.6 is 15.9 Å². The van der Waals surface area contributed by atoms with E-state index in [-0.39, 0.29) is 17.3 Å². The minimum atomic E-state index is -1.33. The minimum Gasteiger partial charge on any atom is -0.384 e. The van der Waals surface area contributed by atoms with E-state index in [1.807, 2.05) is 0 Å². The van der Waals surface area contributed by atoms with Gasteiger partial charge in [0.2, 0.25) is 0 Å². The zero-order valence-electron chi connectivity index (χ0n) is 13.1. The number of Topliss-reactive ketones (excluding diaryl/α,β-unsaturated/α-hetero) is 1. The van der Waals surface area contributed by atoms with E-state index in [1.165, 1.54) is 6.07 Å². The second-order valence-corrected chi connectivity index (χ2v) is 7.93. The van der Waals surface area contributed by atoms with E-state index in [1.54, 1.807) is 19.9 Å². The Kier molecular flexibility index (Phi) is 3.74. The van der Waals surface area contributed by atoms with Crippen LogP contribution in [0.15, 0.2) is 16.6 Å². The summed E-state index contributed by atoms with van der Waals surface area (Å²) in [5.74, 6) is -0.898. The molecule has 1 N–H and O–H groups in total. The van der Waals surface area contributed by atoms with Gasteiger partial charge in [0.05, 0.1) is 11.0 Å². The summed E-state index contributed by atoms with van der Waals surface area (Å²) in [5.41, 5.74) is -1.86. The molecule has 2 aliphatic rings. The summed E-state index contributed by atoms with van der Waals surface area (Å²) in [4.78, 5) is 15.0. The first-order chi connectivity index (χ1) is 10.2.